The average molecular weight is 345 g/mol. The largest absolute Gasteiger partial charge is 0.491 e. The molecule has 2 aliphatic heterocycles. The van der Waals surface area contributed by atoms with Crippen molar-refractivity contribution in [2.24, 2.45) is 0 Å². The Bertz CT molecular complexity index is 813. The summed E-state index contributed by atoms with van der Waals surface area (Å²) < 4.78 is 22.6. The smallest absolute Gasteiger partial charge is 0.231 e. The summed E-state index contributed by atoms with van der Waals surface area (Å²) in [5, 5.41) is 0.646. The third kappa shape index (κ3) is 2.78. The van der Waals surface area contributed by atoms with E-state index in [9.17, 15) is 0 Å². The third-order valence-electron chi connectivity index (χ3n) is 3.86. The van der Waals surface area contributed by atoms with Crippen LogP contribution in [0.25, 0.3) is 5.03 Å². The first-order chi connectivity index (χ1) is 11.6. The summed E-state index contributed by atoms with van der Waals surface area (Å²) >= 11 is 6.49. The van der Waals surface area contributed by atoms with Crippen molar-refractivity contribution < 1.29 is 18.9 Å². The Balaban J connectivity index is 1.64. The molecule has 0 amide bonds. The van der Waals surface area contributed by atoms with Gasteiger partial charge in [-0.3, -0.25) is 0 Å². The molecule has 0 N–H and O–H groups in total. The summed E-state index contributed by atoms with van der Waals surface area (Å²) in [6.45, 7) is 4.23. The van der Waals surface area contributed by atoms with Crippen molar-refractivity contribution >= 4 is 16.6 Å². The van der Waals surface area contributed by atoms with Crippen LogP contribution in [0.1, 0.15) is 31.1 Å². The number of hydrogen-bond donors (Lipinski definition) is 0. The molecule has 124 valence electrons. The molecule has 1 unspecified atom stereocenters. The quantitative estimate of drug-likeness (QED) is 0.792. The van der Waals surface area contributed by atoms with Crippen molar-refractivity contribution in [2.45, 2.75) is 26.1 Å². The molecule has 0 saturated carbocycles. The maximum Gasteiger partial charge on any atom is 0.231 e. The van der Waals surface area contributed by atoms with E-state index in [0.29, 0.717) is 5.03 Å². The highest BCUT2D eigenvalue weighted by molar-refractivity contribution is 6.49. The van der Waals surface area contributed by atoms with Gasteiger partial charge in [-0.25, -0.2) is 0 Å². The Morgan fingerprint density at radius 1 is 1.04 bits per heavy atom. The SMILES string of the molecule is CC(C)Oc1ccc2c(c1)C(Cl)=CC(c1ccc3c(c1)OCO3)O2. The lowest BCUT2D eigenvalue weighted by Gasteiger charge is -2.24. The first kappa shape index (κ1) is 15.2. The molecule has 0 aliphatic carbocycles. The number of ether oxygens (including phenoxy) is 4. The van der Waals surface area contributed by atoms with Crippen LogP contribution >= 0.6 is 11.6 Å². The first-order valence-electron chi connectivity index (χ1n) is 7.85. The van der Waals surface area contributed by atoms with Gasteiger partial charge in [-0.2, -0.15) is 0 Å². The lowest BCUT2D eigenvalue weighted by atomic mass is 10.0. The molecule has 0 fully saturated rings. The van der Waals surface area contributed by atoms with Crippen LogP contribution < -0.4 is 18.9 Å². The monoisotopic (exact) mass is 344 g/mol. The van der Waals surface area contributed by atoms with Gasteiger partial charge in [0.2, 0.25) is 6.79 Å². The van der Waals surface area contributed by atoms with Crippen LogP contribution in [-0.2, 0) is 0 Å². The van der Waals surface area contributed by atoms with Crippen molar-refractivity contribution in [2.75, 3.05) is 6.79 Å². The zero-order valence-electron chi connectivity index (χ0n) is 13.4. The van der Waals surface area contributed by atoms with Gasteiger partial charge in [-0.05, 0) is 50.3 Å². The Morgan fingerprint density at radius 2 is 1.83 bits per heavy atom. The maximum absolute atomic E-state index is 6.49. The van der Waals surface area contributed by atoms with E-state index in [2.05, 4.69) is 0 Å². The van der Waals surface area contributed by atoms with Gasteiger partial charge in [0.1, 0.15) is 17.6 Å². The van der Waals surface area contributed by atoms with Crippen molar-refractivity contribution in [1.29, 1.82) is 0 Å². The van der Waals surface area contributed by atoms with Crippen molar-refractivity contribution in [3.63, 3.8) is 0 Å². The highest BCUT2D eigenvalue weighted by Gasteiger charge is 2.24. The second-order valence-electron chi connectivity index (χ2n) is 5.99. The summed E-state index contributed by atoms with van der Waals surface area (Å²) in [5.74, 6) is 2.99. The van der Waals surface area contributed by atoms with Crippen LogP contribution in [0, 0.1) is 0 Å². The number of fused-ring (bicyclic) bond motifs is 2. The van der Waals surface area contributed by atoms with Crippen LogP contribution in [-0.4, -0.2) is 12.9 Å². The zero-order chi connectivity index (χ0) is 16.7. The van der Waals surface area contributed by atoms with E-state index in [1.54, 1.807) is 0 Å². The lowest BCUT2D eigenvalue weighted by molar-refractivity contribution is 0.173. The highest BCUT2D eigenvalue weighted by atomic mass is 35.5. The molecular weight excluding hydrogens is 328 g/mol. The van der Waals surface area contributed by atoms with Crippen molar-refractivity contribution in [3.8, 4) is 23.0 Å². The molecule has 0 spiro atoms. The molecule has 5 heteroatoms. The van der Waals surface area contributed by atoms with E-state index in [-0.39, 0.29) is 19.0 Å². The van der Waals surface area contributed by atoms with E-state index in [0.717, 1.165) is 34.1 Å². The molecule has 0 bridgehead atoms. The molecule has 2 aliphatic rings. The minimum absolute atomic E-state index is 0.108. The molecule has 0 saturated heterocycles. The van der Waals surface area contributed by atoms with E-state index in [1.165, 1.54) is 0 Å². The Morgan fingerprint density at radius 3 is 2.67 bits per heavy atom. The predicted molar refractivity (Wildman–Crippen MR) is 92.0 cm³/mol. The maximum atomic E-state index is 6.49. The Kier molecular flexibility index (Phi) is 3.77. The van der Waals surface area contributed by atoms with Crippen LogP contribution in [0.4, 0.5) is 0 Å². The molecule has 24 heavy (non-hydrogen) atoms. The molecule has 4 rings (SSSR count). The number of rotatable bonds is 3. The lowest BCUT2D eigenvalue weighted by Crippen LogP contribution is -2.11. The molecule has 0 aromatic heterocycles. The summed E-state index contributed by atoms with van der Waals surface area (Å²) in [7, 11) is 0. The van der Waals surface area contributed by atoms with Gasteiger partial charge in [0.25, 0.3) is 0 Å². The fraction of sp³-hybridized carbons (Fsp3) is 0.263. The molecule has 2 heterocycles. The third-order valence-corrected chi connectivity index (χ3v) is 4.19. The van der Waals surface area contributed by atoms with Gasteiger partial charge in [0, 0.05) is 11.1 Å². The molecule has 0 radical (unpaired) electrons. The summed E-state index contributed by atoms with van der Waals surface area (Å²) in [4.78, 5) is 0. The van der Waals surface area contributed by atoms with Gasteiger partial charge in [-0.15, -0.1) is 0 Å². The predicted octanol–water partition coefficient (Wildman–Crippen LogP) is 4.92. The Labute approximate surface area is 145 Å². The number of halogens is 1. The van der Waals surface area contributed by atoms with Crippen molar-refractivity contribution in [1.82, 2.24) is 0 Å². The summed E-state index contributed by atoms with van der Waals surface area (Å²) in [5.41, 5.74) is 1.80. The molecule has 2 aromatic carbocycles. The normalized spacial score (nSPS) is 18.0. The number of benzene rings is 2. The first-order valence-corrected chi connectivity index (χ1v) is 8.22. The molecular formula is C19H17ClO4. The van der Waals surface area contributed by atoms with E-state index in [1.807, 2.05) is 56.3 Å². The second-order valence-corrected chi connectivity index (χ2v) is 6.40. The fourth-order valence-electron chi connectivity index (χ4n) is 2.79. The summed E-state index contributed by atoms with van der Waals surface area (Å²) in [6, 6.07) is 11.5. The summed E-state index contributed by atoms with van der Waals surface area (Å²) in [6.07, 6.45) is 1.73. The highest BCUT2D eigenvalue weighted by Crippen LogP contribution is 2.42. The van der Waals surface area contributed by atoms with Gasteiger partial charge < -0.3 is 18.9 Å². The minimum Gasteiger partial charge on any atom is -0.491 e. The topological polar surface area (TPSA) is 36.9 Å². The fourth-order valence-corrected chi connectivity index (χ4v) is 3.05. The van der Waals surface area contributed by atoms with Crippen LogP contribution in [0.3, 0.4) is 0 Å². The van der Waals surface area contributed by atoms with Gasteiger partial charge in [0.05, 0.1) is 11.1 Å². The van der Waals surface area contributed by atoms with Crippen molar-refractivity contribution in [3.05, 3.63) is 53.6 Å². The van der Waals surface area contributed by atoms with Gasteiger partial charge >= 0.3 is 0 Å². The zero-order valence-corrected chi connectivity index (χ0v) is 14.2. The number of hydrogen-bond acceptors (Lipinski definition) is 4. The van der Waals surface area contributed by atoms with Gasteiger partial charge in [0.15, 0.2) is 11.5 Å². The van der Waals surface area contributed by atoms with E-state index in [4.69, 9.17) is 30.5 Å². The van der Waals surface area contributed by atoms with E-state index < -0.39 is 0 Å². The standard InChI is InChI=1S/C19H17ClO4/c1-11(2)23-13-4-6-16-14(8-13)15(20)9-18(24-16)12-3-5-17-19(7-12)22-10-21-17/h3-9,11,18H,10H2,1-2H3. The Hall–Kier alpha value is -2.33. The average Bonchev–Trinajstić information content (AvgIpc) is 3.02. The molecule has 1 atom stereocenters. The van der Waals surface area contributed by atoms with Crippen LogP contribution in [0.15, 0.2) is 42.5 Å². The van der Waals surface area contributed by atoms with E-state index >= 15 is 0 Å². The minimum atomic E-state index is -0.267. The van der Waals surface area contributed by atoms with Crippen LogP contribution in [0.5, 0.6) is 23.0 Å². The molecule has 4 nitrogen and oxygen atoms in total. The van der Waals surface area contributed by atoms with Crippen LogP contribution in [0.2, 0.25) is 0 Å². The van der Waals surface area contributed by atoms with Gasteiger partial charge in [-0.1, -0.05) is 17.7 Å². The molecule has 2 aromatic rings. The second kappa shape index (κ2) is 5.95.